The molecule has 0 saturated carbocycles. The molecule has 4 heterocycles. The van der Waals surface area contributed by atoms with Crippen molar-refractivity contribution in [2.75, 3.05) is 23.4 Å². The number of carbonyl (C=O) groups is 1. The Morgan fingerprint density at radius 2 is 1.94 bits per heavy atom. The smallest absolute Gasteiger partial charge is 0.388 e. The molecular weight excluding hydrogens is 413 g/mol. The normalized spacial score (nSPS) is 21.6. The number of β-amino-alcohol motifs (C(OH)–C–C–N with tert-alkyl or cyclic N) is 1. The van der Waals surface area contributed by atoms with E-state index in [0.717, 1.165) is 17.6 Å². The van der Waals surface area contributed by atoms with Crippen LogP contribution in [0.4, 0.5) is 24.7 Å². The molecule has 1 aliphatic heterocycles. The zero-order valence-electron chi connectivity index (χ0n) is 16.8. The maximum absolute atomic E-state index is 13.3. The third-order valence-electron chi connectivity index (χ3n) is 5.48. The van der Waals surface area contributed by atoms with Crippen molar-refractivity contribution in [3.63, 3.8) is 0 Å². The predicted octanol–water partition coefficient (Wildman–Crippen LogP) is 2.23. The van der Waals surface area contributed by atoms with Gasteiger partial charge in [0.25, 0.3) is 5.91 Å². The van der Waals surface area contributed by atoms with E-state index in [0.29, 0.717) is 5.69 Å². The second-order valence-electron chi connectivity index (χ2n) is 7.63. The van der Waals surface area contributed by atoms with Crippen LogP contribution >= 0.6 is 0 Å². The van der Waals surface area contributed by atoms with Crippen molar-refractivity contribution in [1.82, 2.24) is 9.38 Å². The quantitative estimate of drug-likeness (QED) is 0.661. The Labute approximate surface area is 176 Å². The lowest BCUT2D eigenvalue weighted by Gasteiger charge is -2.30. The van der Waals surface area contributed by atoms with Crippen molar-refractivity contribution < 1.29 is 28.2 Å². The molecule has 31 heavy (non-hydrogen) atoms. The van der Waals surface area contributed by atoms with Gasteiger partial charge in [-0.05, 0) is 43.3 Å². The molecule has 0 radical (unpaired) electrons. The Morgan fingerprint density at radius 1 is 1.19 bits per heavy atom. The summed E-state index contributed by atoms with van der Waals surface area (Å²) in [6.07, 6.45) is -3.77. The molecule has 1 saturated heterocycles. The van der Waals surface area contributed by atoms with E-state index in [1.165, 1.54) is 23.8 Å². The van der Waals surface area contributed by atoms with E-state index in [-0.39, 0.29) is 18.1 Å². The maximum atomic E-state index is 13.3. The SMILES string of the molecule is Cc1cc(C(F)(F)F)cc(N2CC(O)C(O)C2C(=O)N(C)c2ccn3cccc3c2)n1. The zero-order valence-corrected chi connectivity index (χ0v) is 16.8. The van der Waals surface area contributed by atoms with E-state index in [4.69, 9.17) is 0 Å². The van der Waals surface area contributed by atoms with Gasteiger partial charge in [-0.3, -0.25) is 4.79 Å². The standard InChI is InChI=1S/C21H21F3N4O3/c1-12-8-13(21(22,23)24)9-17(25-12)28-11-16(29)19(30)18(28)20(31)26(2)14-5-7-27-6-3-4-15(27)10-14/h3-10,16,18-19,29-30H,11H2,1-2H3. The minimum absolute atomic E-state index is 0.110. The highest BCUT2D eigenvalue weighted by Gasteiger charge is 2.46. The van der Waals surface area contributed by atoms with Crippen LogP contribution in [0, 0.1) is 6.92 Å². The molecule has 2 N–H and O–H groups in total. The van der Waals surface area contributed by atoms with Crippen LogP contribution in [0.5, 0.6) is 0 Å². The van der Waals surface area contributed by atoms with Crippen LogP contribution in [0.15, 0.2) is 48.8 Å². The molecule has 1 aliphatic rings. The number of alkyl halides is 3. The molecule has 7 nitrogen and oxygen atoms in total. The number of fused-ring (bicyclic) bond motifs is 1. The number of hydrogen-bond donors (Lipinski definition) is 2. The topological polar surface area (TPSA) is 81.3 Å². The molecule has 3 aromatic heterocycles. The Morgan fingerprint density at radius 3 is 2.65 bits per heavy atom. The van der Waals surface area contributed by atoms with Gasteiger partial charge in [-0.2, -0.15) is 13.2 Å². The molecule has 0 bridgehead atoms. The van der Waals surface area contributed by atoms with Crippen molar-refractivity contribution in [3.05, 3.63) is 60.0 Å². The first kappa shape index (κ1) is 21.1. The van der Waals surface area contributed by atoms with E-state index < -0.39 is 35.9 Å². The molecule has 3 atom stereocenters. The number of amides is 1. The minimum Gasteiger partial charge on any atom is -0.388 e. The summed E-state index contributed by atoms with van der Waals surface area (Å²) >= 11 is 0. The summed E-state index contributed by atoms with van der Waals surface area (Å²) in [5, 5.41) is 20.7. The van der Waals surface area contributed by atoms with Crippen LogP contribution in [0.3, 0.4) is 0 Å². The van der Waals surface area contributed by atoms with Gasteiger partial charge in [0.15, 0.2) is 0 Å². The molecule has 1 fully saturated rings. The van der Waals surface area contributed by atoms with E-state index in [1.54, 1.807) is 18.3 Å². The average Bonchev–Trinajstić information content (AvgIpc) is 3.29. The summed E-state index contributed by atoms with van der Waals surface area (Å²) in [7, 11) is 1.51. The number of anilines is 2. The fourth-order valence-corrected chi connectivity index (χ4v) is 3.85. The summed E-state index contributed by atoms with van der Waals surface area (Å²) in [6, 6.07) is 7.62. The Bertz CT molecular complexity index is 1130. The van der Waals surface area contributed by atoms with Crippen LogP contribution in [0.1, 0.15) is 11.3 Å². The van der Waals surface area contributed by atoms with Crippen LogP contribution in [0.25, 0.3) is 5.52 Å². The lowest BCUT2D eigenvalue weighted by molar-refractivity contribution is -0.137. The Kier molecular flexibility index (Phi) is 5.14. The van der Waals surface area contributed by atoms with Crippen molar-refractivity contribution in [2.24, 2.45) is 0 Å². The molecule has 0 spiro atoms. The zero-order chi connectivity index (χ0) is 22.5. The molecule has 3 aromatic rings. The van der Waals surface area contributed by atoms with Gasteiger partial charge in [0.1, 0.15) is 18.0 Å². The average molecular weight is 434 g/mol. The third kappa shape index (κ3) is 3.84. The van der Waals surface area contributed by atoms with Gasteiger partial charge in [0.05, 0.1) is 11.7 Å². The number of aromatic nitrogens is 2. The van der Waals surface area contributed by atoms with Crippen LogP contribution in [-0.2, 0) is 11.0 Å². The number of nitrogens with zero attached hydrogens (tertiary/aromatic N) is 4. The van der Waals surface area contributed by atoms with E-state index in [2.05, 4.69) is 4.98 Å². The number of aryl methyl sites for hydroxylation is 1. The fraction of sp³-hybridized carbons (Fsp3) is 0.333. The number of aliphatic hydroxyl groups excluding tert-OH is 2. The maximum Gasteiger partial charge on any atom is 0.416 e. The third-order valence-corrected chi connectivity index (χ3v) is 5.48. The molecule has 0 aliphatic carbocycles. The minimum atomic E-state index is -4.59. The van der Waals surface area contributed by atoms with E-state index >= 15 is 0 Å². The Balaban J connectivity index is 1.69. The number of halogens is 3. The summed E-state index contributed by atoms with van der Waals surface area (Å²) < 4.78 is 41.7. The second-order valence-corrected chi connectivity index (χ2v) is 7.63. The van der Waals surface area contributed by atoms with Gasteiger partial charge in [0.2, 0.25) is 0 Å². The lowest BCUT2D eigenvalue weighted by Crippen LogP contribution is -2.50. The number of pyridine rings is 2. The summed E-state index contributed by atoms with van der Waals surface area (Å²) in [6.45, 7) is 1.19. The van der Waals surface area contributed by atoms with Crippen molar-refractivity contribution in [1.29, 1.82) is 0 Å². The highest BCUT2D eigenvalue weighted by atomic mass is 19.4. The second kappa shape index (κ2) is 7.54. The van der Waals surface area contributed by atoms with Crippen LogP contribution in [0.2, 0.25) is 0 Å². The first-order valence-electron chi connectivity index (χ1n) is 9.59. The van der Waals surface area contributed by atoms with Gasteiger partial charge < -0.3 is 24.4 Å². The van der Waals surface area contributed by atoms with Crippen LogP contribution in [-0.4, -0.2) is 57.3 Å². The number of aliphatic hydroxyl groups is 2. The first-order chi connectivity index (χ1) is 14.6. The van der Waals surface area contributed by atoms with Gasteiger partial charge >= 0.3 is 6.18 Å². The van der Waals surface area contributed by atoms with Gasteiger partial charge in [0, 0.05) is 42.9 Å². The summed E-state index contributed by atoms with van der Waals surface area (Å²) in [5.74, 6) is -0.700. The molecule has 4 rings (SSSR count). The van der Waals surface area contributed by atoms with Crippen LogP contribution < -0.4 is 9.80 Å². The largest absolute Gasteiger partial charge is 0.416 e. The van der Waals surface area contributed by atoms with Crippen molar-refractivity contribution in [2.45, 2.75) is 31.3 Å². The molecule has 1 amide bonds. The first-order valence-corrected chi connectivity index (χ1v) is 9.59. The van der Waals surface area contributed by atoms with Crippen molar-refractivity contribution in [3.8, 4) is 0 Å². The molecular formula is C21H21F3N4O3. The van der Waals surface area contributed by atoms with Gasteiger partial charge in [-0.15, -0.1) is 0 Å². The summed E-state index contributed by atoms with van der Waals surface area (Å²) in [4.78, 5) is 19.9. The molecule has 164 valence electrons. The lowest BCUT2D eigenvalue weighted by atomic mass is 10.1. The Hall–Kier alpha value is -3.11. The number of carbonyl (C=O) groups excluding carboxylic acids is 1. The number of hydrogen-bond acceptors (Lipinski definition) is 5. The monoisotopic (exact) mass is 434 g/mol. The van der Waals surface area contributed by atoms with E-state index in [1.807, 2.05) is 22.7 Å². The molecule has 10 heteroatoms. The molecule has 3 unspecified atom stereocenters. The highest BCUT2D eigenvalue weighted by Crippen LogP contribution is 2.34. The fourth-order valence-electron chi connectivity index (χ4n) is 3.85. The predicted molar refractivity (Wildman–Crippen MR) is 108 cm³/mol. The number of likely N-dealkylation sites (N-methyl/N-ethyl adjacent to an activating group) is 1. The van der Waals surface area contributed by atoms with E-state index in [9.17, 15) is 28.2 Å². The van der Waals surface area contributed by atoms with Crippen molar-refractivity contribution >= 4 is 22.9 Å². The van der Waals surface area contributed by atoms with Gasteiger partial charge in [-0.25, -0.2) is 4.98 Å². The van der Waals surface area contributed by atoms with Gasteiger partial charge in [-0.1, -0.05) is 0 Å². The highest BCUT2D eigenvalue weighted by molar-refractivity contribution is 6.00. The summed E-state index contributed by atoms with van der Waals surface area (Å²) in [5.41, 5.74) is 0.581. The number of rotatable bonds is 3. The molecule has 0 aromatic carbocycles.